The third-order valence-corrected chi connectivity index (χ3v) is 6.47. The summed E-state index contributed by atoms with van der Waals surface area (Å²) in [6.45, 7) is 7.37. The fourth-order valence-electron chi connectivity index (χ4n) is 3.46. The Kier molecular flexibility index (Phi) is 7.35. The van der Waals surface area contributed by atoms with E-state index >= 15 is 0 Å². The van der Waals surface area contributed by atoms with Crippen LogP contribution in [0.25, 0.3) is 0 Å². The predicted octanol–water partition coefficient (Wildman–Crippen LogP) is 3.03. The molecule has 1 saturated heterocycles. The van der Waals surface area contributed by atoms with E-state index in [1.54, 1.807) is 0 Å². The Bertz CT molecular complexity index is 342. The molecule has 0 atom stereocenters. The van der Waals surface area contributed by atoms with Gasteiger partial charge in [-0.15, -0.1) is 0 Å². The number of nitrogens with zero attached hydrogens (tertiary/aromatic N) is 1. The summed E-state index contributed by atoms with van der Waals surface area (Å²) >= 11 is 2.07. The molecule has 4 nitrogen and oxygen atoms in total. The first-order chi connectivity index (χ1) is 10.7. The third kappa shape index (κ3) is 5.34. The van der Waals surface area contributed by atoms with Gasteiger partial charge in [-0.05, 0) is 50.2 Å². The molecule has 0 aromatic heterocycles. The van der Waals surface area contributed by atoms with E-state index < -0.39 is 0 Å². The molecule has 0 aromatic carbocycles. The quantitative estimate of drug-likeness (QED) is 0.602. The van der Waals surface area contributed by atoms with Gasteiger partial charge in [0.15, 0.2) is 5.96 Å². The van der Waals surface area contributed by atoms with Crippen LogP contribution in [-0.4, -0.2) is 49.3 Å². The van der Waals surface area contributed by atoms with Crippen molar-refractivity contribution in [2.75, 3.05) is 32.6 Å². The maximum atomic E-state index is 5.55. The van der Waals surface area contributed by atoms with E-state index in [-0.39, 0.29) is 0 Å². The average Bonchev–Trinajstić information content (AvgIpc) is 2.54. The molecule has 0 unspecified atom stereocenters. The molecule has 0 aromatic rings. The van der Waals surface area contributed by atoms with Gasteiger partial charge >= 0.3 is 0 Å². The van der Waals surface area contributed by atoms with Crippen molar-refractivity contribution in [2.24, 2.45) is 10.9 Å². The molecule has 0 radical (unpaired) electrons. The van der Waals surface area contributed by atoms with Crippen molar-refractivity contribution in [2.45, 2.75) is 63.2 Å². The lowest BCUT2D eigenvalue weighted by atomic mass is 9.87. The van der Waals surface area contributed by atoms with E-state index in [2.05, 4.69) is 41.2 Å². The summed E-state index contributed by atoms with van der Waals surface area (Å²) in [6.07, 6.45) is 7.48. The minimum Gasteiger partial charge on any atom is -0.381 e. The summed E-state index contributed by atoms with van der Waals surface area (Å²) in [5.41, 5.74) is 0. The van der Waals surface area contributed by atoms with Crippen LogP contribution in [0.4, 0.5) is 0 Å². The Labute approximate surface area is 140 Å². The highest BCUT2D eigenvalue weighted by molar-refractivity contribution is 8.00. The van der Waals surface area contributed by atoms with E-state index in [0.717, 1.165) is 50.2 Å². The van der Waals surface area contributed by atoms with Crippen LogP contribution in [0.15, 0.2) is 4.99 Å². The van der Waals surface area contributed by atoms with Gasteiger partial charge in [0.05, 0.1) is 0 Å². The number of aliphatic imine (C=N–C) groups is 1. The van der Waals surface area contributed by atoms with E-state index in [1.165, 1.54) is 25.7 Å². The second-order valence-corrected chi connectivity index (χ2v) is 8.49. The zero-order valence-electron chi connectivity index (χ0n) is 14.5. The van der Waals surface area contributed by atoms with Gasteiger partial charge in [0.2, 0.25) is 0 Å². The number of hydrogen-bond donors (Lipinski definition) is 2. The summed E-state index contributed by atoms with van der Waals surface area (Å²) in [5, 5.41) is 7.21. The highest BCUT2D eigenvalue weighted by Gasteiger charge is 2.33. The molecule has 1 aliphatic carbocycles. The Morgan fingerprint density at radius 2 is 1.91 bits per heavy atom. The summed E-state index contributed by atoms with van der Waals surface area (Å²) in [5.74, 6) is 3.02. The normalized spacial score (nSPS) is 29.1. The predicted molar refractivity (Wildman–Crippen MR) is 96.8 cm³/mol. The van der Waals surface area contributed by atoms with Crippen molar-refractivity contribution in [3.63, 3.8) is 0 Å². The molecule has 128 valence electrons. The highest BCUT2D eigenvalue weighted by Crippen LogP contribution is 2.34. The lowest BCUT2D eigenvalue weighted by Gasteiger charge is -2.37. The second-order valence-electron chi connectivity index (χ2n) is 6.76. The van der Waals surface area contributed by atoms with E-state index in [0.29, 0.717) is 10.8 Å². The molecular weight excluding hydrogens is 294 g/mol. The number of rotatable bonds is 5. The number of thioether (sulfide) groups is 1. The first kappa shape index (κ1) is 17.9. The second kappa shape index (κ2) is 9.02. The zero-order valence-corrected chi connectivity index (χ0v) is 15.3. The summed E-state index contributed by atoms with van der Waals surface area (Å²) in [4.78, 5) is 4.43. The lowest BCUT2D eigenvalue weighted by molar-refractivity contribution is 0.0782. The van der Waals surface area contributed by atoms with E-state index in [4.69, 9.17) is 4.74 Å². The summed E-state index contributed by atoms with van der Waals surface area (Å²) < 4.78 is 5.86. The van der Waals surface area contributed by atoms with Gasteiger partial charge in [0.25, 0.3) is 0 Å². The van der Waals surface area contributed by atoms with Crippen molar-refractivity contribution in [3.8, 4) is 0 Å². The van der Waals surface area contributed by atoms with Crippen LogP contribution in [0.2, 0.25) is 0 Å². The van der Waals surface area contributed by atoms with Crippen LogP contribution < -0.4 is 10.6 Å². The SMILES string of the molecule is CCSC1(CNC(=NC)NC2CCC(C)CC2)CCOCC1. The Hall–Kier alpha value is -0.420. The molecule has 1 saturated carbocycles. The van der Waals surface area contributed by atoms with E-state index in [9.17, 15) is 0 Å². The standard InChI is InChI=1S/C17H33N3OS/c1-4-22-17(9-11-21-12-10-17)13-19-16(18-3)20-15-7-5-14(2)6-8-15/h14-15H,4-13H2,1-3H3,(H2,18,19,20). The summed E-state index contributed by atoms with van der Waals surface area (Å²) in [6, 6.07) is 0.590. The van der Waals surface area contributed by atoms with Crippen molar-refractivity contribution >= 4 is 17.7 Å². The Morgan fingerprint density at radius 1 is 1.23 bits per heavy atom. The molecule has 0 amide bonds. The number of guanidine groups is 1. The van der Waals surface area contributed by atoms with Crippen LogP contribution >= 0.6 is 11.8 Å². The maximum Gasteiger partial charge on any atom is 0.191 e. The maximum absolute atomic E-state index is 5.55. The molecule has 1 heterocycles. The van der Waals surface area contributed by atoms with Crippen LogP contribution in [0.1, 0.15) is 52.4 Å². The molecule has 2 N–H and O–H groups in total. The third-order valence-electron chi connectivity index (χ3n) is 5.01. The molecule has 22 heavy (non-hydrogen) atoms. The van der Waals surface area contributed by atoms with Crippen LogP contribution in [0.3, 0.4) is 0 Å². The van der Waals surface area contributed by atoms with Crippen molar-refractivity contribution in [1.29, 1.82) is 0 Å². The fraction of sp³-hybridized carbons (Fsp3) is 0.941. The van der Waals surface area contributed by atoms with Crippen LogP contribution in [0.5, 0.6) is 0 Å². The van der Waals surface area contributed by atoms with Gasteiger partial charge < -0.3 is 15.4 Å². The summed E-state index contributed by atoms with van der Waals surface area (Å²) in [7, 11) is 1.88. The van der Waals surface area contributed by atoms with Crippen LogP contribution in [0, 0.1) is 5.92 Å². The van der Waals surface area contributed by atoms with Gasteiger partial charge in [0, 0.05) is 37.6 Å². The van der Waals surface area contributed by atoms with Gasteiger partial charge in [-0.1, -0.05) is 13.8 Å². The highest BCUT2D eigenvalue weighted by atomic mass is 32.2. The average molecular weight is 328 g/mol. The fourth-order valence-corrected chi connectivity index (χ4v) is 4.70. The van der Waals surface area contributed by atoms with Crippen LogP contribution in [-0.2, 0) is 4.74 Å². The number of nitrogens with one attached hydrogen (secondary N) is 2. The van der Waals surface area contributed by atoms with Gasteiger partial charge in [-0.2, -0.15) is 11.8 Å². The molecule has 5 heteroatoms. The molecule has 1 aliphatic heterocycles. The Balaban J connectivity index is 1.81. The molecule has 2 rings (SSSR count). The topological polar surface area (TPSA) is 45.7 Å². The molecule has 0 bridgehead atoms. The molecule has 0 spiro atoms. The van der Waals surface area contributed by atoms with Gasteiger partial charge in [-0.3, -0.25) is 4.99 Å². The lowest BCUT2D eigenvalue weighted by Crippen LogP contribution is -2.50. The first-order valence-electron chi connectivity index (χ1n) is 8.86. The largest absolute Gasteiger partial charge is 0.381 e. The molecular formula is C17H33N3OS. The zero-order chi connectivity index (χ0) is 15.8. The minimum absolute atomic E-state index is 0.311. The smallest absolute Gasteiger partial charge is 0.191 e. The van der Waals surface area contributed by atoms with Crippen molar-refractivity contribution < 1.29 is 4.74 Å². The van der Waals surface area contributed by atoms with Gasteiger partial charge in [-0.25, -0.2) is 0 Å². The van der Waals surface area contributed by atoms with Gasteiger partial charge in [0.1, 0.15) is 0 Å². The Morgan fingerprint density at radius 3 is 2.50 bits per heavy atom. The number of ether oxygens (including phenoxy) is 1. The first-order valence-corrected chi connectivity index (χ1v) is 9.85. The van der Waals surface area contributed by atoms with Crippen molar-refractivity contribution in [3.05, 3.63) is 0 Å². The molecule has 2 fully saturated rings. The van der Waals surface area contributed by atoms with Crippen molar-refractivity contribution in [1.82, 2.24) is 10.6 Å². The minimum atomic E-state index is 0.311. The molecule has 2 aliphatic rings. The van der Waals surface area contributed by atoms with E-state index in [1.807, 2.05) is 7.05 Å². The number of hydrogen-bond acceptors (Lipinski definition) is 3. The monoisotopic (exact) mass is 327 g/mol.